The van der Waals surface area contributed by atoms with Crippen molar-refractivity contribution in [3.63, 3.8) is 0 Å². The molecule has 0 saturated heterocycles. The van der Waals surface area contributed by atoms with Gasteiger partial charge in [-0.15, -0.1) is 0 Å². The predicted octanol–water partition coefficient (Wildman–Crippen LogP) is 2.24. The number of aromatic nitrogens is 2. The summed E-state index contributed by atoms with van der Waals surface area (Å²) in [6.07, 6.45) is -0.158. The number of amides is 2. The fraction of sp³-hybridized carbons (Fsp3) is 0.421. The minimum absolute atomic E-state index is 0.188. The van der Waals surface area contributed by atoms with Gasteiger partial charge < -0.3 is 16.0 Å². The molecule has 2 aromatic rings. The van der Waals surface area contributed by atoms with Gasteiger partial charge in [0.1, 0.15) is 12.6 Å². The molecule has 0 fully saturated rings. The highest BCUT2D eigenvalue weighted by Crippen LogP contribution is 2.32. The Morgan fingerprint density at radius 2 is 2.14 bits per heavy atom. The third-order valence-electron chi connectivity index (χ3n) is 4.67. The smallest absolute Gasteiger partial charge is 0.374 e. The van der Waals surface area contributed by atoms with Crippen molar-refractivity contribution in [3.8, 4) is 11.1 Å². The zero-order chi connectivity index (χ0) is 21.2. The largest absolute Gasteiger partial charge is 0.405 e. The number of anilines is 1. The molecular formula is C19H22F3N5O2. The molecule has 10 heteroatoms. The zero-order valence-electron chi connectivity index (χ0n) is 16.1. The maximum Gasteiger partial charge on any atom is 0.405 e. The van der Waals surface area contributed by atoms with E-state index in [1.165, 1.54) is 0 Å². The van der Waals surface area contributed by atoms with Crippen molar-refractivity contribution < 1.29 is 22.8 Å². The first kappa shape index (κ1) is 20.7. The molecule has 2 heterocycles. The summed E-state index contributed by atoms with van der Waals surface area (Å²) < 4.78 is 38.8. The summed E-state index contributed by atoms with van der Waals surface area (Å²) >= 11 is 0. The van der Waals surface area contributed by atoms with Gasteiger partial charge in [-0.3, -0.25) is 14.3 Å². The van der Waals surface area contributed by atoms with E-state index in [1.807, 2.05) is 5.32 Å². The number of nitrogens with zero attached hydrogens (tertiary/aromatic N) is 2. The summed E-state index contributed by atoms with van der Waals surface area (Å²) in [5, 5.41) is 11.9. The van der Waals surface area contributed by atoms with Crippen LogP contribution in [0.15, 0.2) is 24.5 Å². The second kappa shape index (κ2) is 8.14. The highest BCUT2D eigenvalue weighted by molar-refractivity contribution is 6.04. The third-order valence-corrected chi connectivity index (χ3v) is 4.67. The van der Waals surface area contributed by atoms with Gasteiger partial charge in [-0.05, 0) is 36.1 Å². The second-order valence-electron chi connectivity index (χ2n) is 6.90. The van der Waals surface area contributed by atoms with Crippen molar-refractivity contribution in [1.82, 2.24) is 20.4 Å². The lowest BCUT2D eigenvalue weighted by Gasteiger charge is -2.23. The second-order valence-corrected chi connectivity index (χ2v) is 6.90. The number of rotatable bonds is 6. The Morgan fingerprint density at radius 1 is 1.38 bits per heavy atom. The first-order chi connectivity index (χ1) is 13.7. The Labute approximate surface area is 165 Å². The van der Waals surface area contributed by atoms with E-state index in [0.29, 0.717) is 36.2 Å². The van der Waals surface area contributed by atoms with E-state index < -0.39 is 24.7 Å². The summed E-state index contributed by atoms with van der Waals surface area (Å²) in [6.45, 7) is 0.819. The number of hydrogen-bond donors (Lipinski definition) is 3. The molecule has 0 bridgehead atoms. The molecule has 0 aliphatic carbocycles. The van der Waals surface area contributed by atoms with Gasteiger partial charge in [0.2, 0.25) is 5.91 Å². The van der Waals surface area contributed by atoms with Gasteiger partial charge in [0.15, 0.2) is 0 Å². The molecule has 0 saturated carbocycles. The number of halogens is 3. The number of benzene rings is 1. The quantitative estimate of drug-likeness (QED) is 0.683. The third kappa shape index (κ3) is 4.87. The first-order valence-electron chi connectivity index (χ1n) is 9.23. The summed E-state index contributed by atoms with van der Waals surface area (Å²) in [4.78, 5) is 24.6. The molecule has 3 rings (SSSR count). The van der Waals surface area contributed by atoms with Gasteiger partial charge in [-0.2, -0.15) is 18.3 Å². The molecule has 1 aliphatic rings. The molecule has 156 valence electrons. The van der Waals surface area contributed by atoms with Crippen LogP contribution in [-0.2, 0) is 18.3 Å². The van der Waals surface area contributed by atoms with E-state index in [-0.39, 0.29) is 5.91 Å². The molecule has 1 aromatic heterocycles. The van der Waals surface area contributed by atoms with E-state index >= 15 is 0 Å². The molecule has 0 unspecified atom stereocenters. The van der Waals surface area contributed by atoms with E-state index in [4.69, 9.17) is 0 Å². The molecule has 0 spiro atoms. The van der Waals surface area contributed by atoms with Crippen molar-refractivity contribution in [1.29, 1.82) is 0 Å². The summed E-state index contributed by atoms with van der Waals surface area (Å²) in [5.41, 5.74) is 3.30. The van der Waals surface area contributed by atoms with Gasteiger partial charge in [0.25, 0.3) is 5.91 Å². The number of aryl methyl sites for hydroxylation is 1. The minimum atomic E-state index is -4.47. The van der Waals surface area contributed by atoms with Gasteiger partial charge in [-0.25, -0.2) is 0 Å². The van der Waals surface area contributed by atoms with Crippen LogP contribution >= 0.6 is 0 Å². The number of carbonyl (C=O) groups excluding carboxylic acids is 2. The summed E-state index contributed by atoms with van der Waals surface area (Å²) in [7, 11) is 1.76. The van der Waals surface area contributed by atoms with Gasteiger partial charge in [0, 0.05) is 31.0 Å². The molecule has 7 nitrogen and oxygen atoms in total. The molecule has 3 N–H and O–H groups in total. The minimum Gasteiger partial charge on any atom is -0.374 e. The van der Waals surface area contributed by atoms with Crippen molar-refractivity contribution in [2.45, 2.75) is 32.0 Å². The van der Waals surface area contributed by atoms with Crippen LogP contribution in [0.2, 0.25) is 0 Å². The highest BCUT2D eigenvalue weighted by atomic mass is 19.4. The molecular weight excluding hydrogens is 387 g/mol. The lowest BCUT2D eigenvalue weighted by Crippen LogP contribution is -2.43. The maximum absolute atomic E-state index is 12.4. The van der Waals surface area contributed by atoms with Crippen LogP contribution < -0.4 is 16.0 Å². The number of carbonyl (C=O) groups is 2. The number of nitrogens with one attached hydrogen (secondary N) is 3. The molecule has 2 amide bonds. The fourth-order valence-electron chi connectivity index (χ4n) is 3.30. The Hall–Kier alpha value is -3.04. The molecule has 29 heavy (non-hydrogen) atoms. The topological polar surface area (TPSA) is 88.1 Å². The Bertz CT molecular complexity index is 923. The van der Waals surface area contributed by atoms with Crippen LogP contribution in [0.4, 0.5) is 18.9 Å². The van der Waals surface area contributed by atoms with Crippen molar-refractivity contribution in [2.24, 2.45) is 7.05 Å². The molecule has 1 aromatic carbocycles. The van der Waals surface area contributed by atoms with Gasteiger partial charge in [0.05, 0.1) is 11.8 Å². The van der Waals surface area contributed by atoms with Crippen LogP contribution in [0, 0.1) is 0 Å². The number of fused-ring (bicyclic) bond motifs is 1. The van der Waals surface area contributed by atoms with E-state index in [2.05, 4.69) is 15.7 Å². The monoisotopic (exact) mass is 409 g/mol. The number of hydrogen-bond acceptors (Lipinski definition) is 4. The molecule has 1 aliphatic heterocycles. The zero-order valence-corrected chi connectivity index (χ0v) is 16.1. The van der Waals surface area contributed by atoms with Crippen LogP contribution in [-0.4, -0.2) is 46.9 Å². The lowest BCUT2D eigenvalue weighted by atomic mass is 9.91. The SMILES string of the molecule is CC[C@@H](Nc1cc2c(c(-c3cnn(C)c3)c1)C(=O)NCC2)C(=O)NCC(F)(F)F. The molecule has 1 atom stereocenters. The average Bonchev–Trinajstić information content (AvgIpc) is 3.09. The summed E-state index contributed by atoms with van der Waals surface area (Å²) in [5.74, 6) is -0.921. The predicted molar refractivity (Wildman–Crippen MR) is 101 cm³/mol. The Kier molecular flexibility index (Phi) is 5.81. The van der Waals surface area contributed by atoms with E-state index in [0.717, 1.165) is 11.1 Å². The maximum atomic E-state index is 12.4. The normalized spacial score (nSPS) is 14.7. The average molecular weight is 409 g/mol. The van der Waals surface area contributed by atoms with E-state index in [9.17, 15) is 22.8 Å². The van der Waals surface area contributed by atoms with Gasteiger partial charge >= 0.3 is 6.18 Å². The van der Waals surface area contributed by atoms with E-state index in [1.54, 1.807) is 43.2 Å². The van der Waals surface area contributed by atoms with Crippen LogP contribution in [0.25, 0.3) is 11.1 Å². The van der Waals surface area contributed by atoms with Crippen molar-refractivity contribution >= 4 is 17.5 Å². The Morgan fingerprint density at radius 3 is 2.76 bits per heavy atom. The fourth-order valence-corrected chi connectivity index (χ4v) is 3.30. The van der Waals surface area contributed by atoms with Crippen LogP contribution in [0.3, 0.4) is 0 Å². The first-order valence-corrected chi connectivity index (χ1v) is 9.23. The standard InChI is InChI=1S/C19H22F3N5O2/c1-3-15(17(28)24-10-19(20,21)22)26-13-6-11-4-5-23-18(29)16(11)14(7-13)12-8-25-27(2)9-12/h6-9,15,26H,3-5,10H2,1-2H3,(H,23,29)(H,24,28)/t15-/m1/s1. The van der Waals surface area contributed by atoms with Gasteiger partial charge in [-0.1, -0.05) is 6.92 Å². The highest BCUT2D eigenvalue weighted by Gasteiger charge is 2.29. The lowest BCUT2D eigenvalue weighted by molar-refractivity contribution is -0.138. The summed E-state index contributed by atoms with van der Waals surface area (Å²) in [6, 6.07) is 2.66. The van der Waals surface area contributed by atoms with Crippen LogP contribution in [0.1, 0.15) is 29.3 Å². The van der Waals surface area contributed by atoms with Crippen LogP contribution in [0.5, 0.6) is 0 Å². The Balaban J connectivity index is 1.91. The molecule has 0 radical (unpaired) electrons. The van der Waals surface area contributed by atoms with Crippen molar-refractivity contribution in [3.05, 3.63) is 35.7 Å². The van der Waals surface area contributed by atoms with Crippen molar-refractivity contribution in [2.75, 3.05) is 18.4 Å². The number of alkyl halides is 3.